The van der Waals surface area contributed by atoms with Gasteiger partial charge in [-0.25, -0.2) is 19.6 Å². The molecule has 0 radical (unpaired) electrons. The molecule has 1 saturated heterocycles. The first kappa shape index (κ1) is 14.7. The highest BCUT2D eigenvalue weighted by Gasteiger charge is 2.29. The molecule has 1 fully saturated rings. The molecular weight excluding hydrogens is 282 g/mol. The summed E-state index contributed by atoms with van der Waals surface area (Å²) in [5, 5.41) is 2.00. The van der Waals surface area contributed by atoms with Gasteiger partial charge >= 0.3 is 5.97 Å². The number of aromatic nitrogens is 4. The van der Waals surface area contributed by atoms with Crippen molar-refractivity contribution in [2.75, 3.05) is 11.6 Å². The number of imidazole rings is 1. The van der Waals surface area contributed by atoms with Crippen LogP contribution in [0.2, 0.25) is 0 Å². The minimum Gasteiger partial charge on any atom is -0.440 e. The van der Waals surface area contributed by atoms with Crippen molar-refractivity contribution in [2.45, 2.75) is 52.2 Å². The molecule has 3 heterocycles. The summed E-state index contributed by atoms with van der Waals surface area (Å²) in [6, 6.07) is 0. The number of hydrogen-bond acceptors (Lipinski definition) is 6. The van der Waals surface area contributed by atoms with Crippen LogP contribution in [0.1, 0.15) is 46.4 Å². The van der Waals surface area contributed by atoms with Crippen molar-refractivity contribution in [1.29, 1.82) is 0 Å². The maximum absolute atomic E-state index is 11.3. The van der Waals surface area contributed by atoms with Crippen LogP contribution in [0.5, 0.6) is 0 Å². The molecule has 1 aliphatic rings. The Morgan fingerprint density at radius 2 is 2.14 bits per heavy atom. The van der Waals surface area contributed by atoms with Crippen molar-refractivity contribution < 1.29 is 9.53 Å². The lowest BCUT2D eigenvalue weighted by Gasteiger charge is -2.26. The number of rotatable bonds is 2. The van der Waals surface area contributed by atoms with Crippen molar-refractivity contribution in [2.24, 2.45) is 0 Å². The maximum atomic E-state index is 11.3. The van der Waals surface area contributed by atoms with E-state index in [4.69, 9.17) is 4.74 Å². The van der Waals surface area contributed by atoms with E-state index in [2.05, 4.69) is 35.7 Å². The predicted octanol–water partition coefficient (Wildman–Crippen LogP) is 1.74. The van der Waals surface area contributed by atoms with E-state index in [1.54, 1.807) is 12.5 Å². The van der Waals surface area contributed by atoms with E-state index < -0.39 is 0 Å². The first-order valence-corrected chi connectivity index (χ1v) is 7.51. The number of carbonyl (C=O) groups excluding carboxylic acids is 1. The second-order valence-corrected chi connectivity index (χ2v) is 6.61. The first-order valence-electron chi connectivity index (χ1n) is 7.51. The third-order valence-electron chi connectivity index (χ3n) is 3.69. The van der Waals surface area contributed by atoms with E-state index in [-0.39, 0.29) is 17.6 Å². The highest BCUT2D eigenvalue weighted by atomic mass is 16.6. The number of ether oxygens (including phenoxy) is 1. The van der Waals surface area contributed by atoms with Crippen molar-refractivity contribution in [3.63, 3.8) is 0 Å². The van der Waals surface area contributed by atoms with Gasteiger partial charge in [0.05, 0.1) is 6.20 Å². The molecule has 118 valence electrons. The summed E-state index contributed by atoms with van der Waals surface area (Å²) < 4.78 is 7.27. The normalized spacial score (nSPS) is 18.9. The number of carbonyl (C=O) groups is 1. The van der Waals surface area contributed by atoms with Gasteiger partial charge < -0.3 is 4.74 Å². The average molecular weight is 303 g/mol. The van der Waals surface area contributed by atoms with E-state index in [9.17, 15) is 4.79 Å². The Bertz CT molecular complexity index is 704. The minimum absolute atomic E-state index is 0.135. The SMILES string of the molecule is CC(=O)OC1CCCN1n1cnc2cnc(C(C)(C)C)nc21. The summed E-state index contributed by atoms with van der Waals surface area (Å²) in [5.74, 6) is 0.497. The molecule has 2 aromatic heterocycles. The Labute approximate surface area is 129 Å². The zero-order chi connectivity index (χ0) is 15.9. The van der Waals surface area contributed by atoms with Gasteiger partial charge in [-0.1, -0.05) is 20.8 Å². The van der Waals surface area contributed by atoms with Gasteiger partial charge in [-0.15, -0.1) is 0 Å². The predicted molar refractivity (Wildman–Crippen MR) is 81.9 cm³/mol. The molecule has 2 aromatic rings. The Balaban J connectivity index is 2.01. The molecule has 0 N–H and O–H groups in total. The van der Waals surface area contributed by atoms with E-state index >= 15 is 0 Å². The van der Waals surface area contributed by atoms with Gasteiger partial charge in [0.1, 0.15) is 17.7 Å². The van der Waals surface area contributed by atoms with Crippen LogP contribution in [-0.2, 0) is 14.9 Å². The molecule has 7 heteroatoms. The van der Waals surface area contributed by atoms with Crippen LogP contribution in [0.4, 0.5) is 0 Å². The van der Waals surface area contributed by atoms with Crippen LogP contribution >= 0.6 is 0 Å². The van der Waals surface area contributed by atoms with Crippen molar-refractivity contribution in [1.82, 2.24) is 19.6 Å². The second-order valence-electron chi connectivity index (χ2n) is 6.61. The third kappa shape index (κ3) is 2.63. The van der Waals surface area contributed by atoms with Gasteiger partial charge in [0.2, 0.25) is 0 Å². The van der Waals surface area contributed by atoms with Crippen molar-refractivity contribution in [3.05, 3.63) is 18.3 Å². The monoisotopic (exact) mass is 303 g/mol. The number of fused-ring (bicyclic) bond motifs is 1. The van der Waals surface area contributed by atoms with Gasteiger partial charge in [0.15, 0.2) is 11.9 Å². The Hall–Kier alpha value is -2.18. The van der Waals surface area contributed by atoms with Crippen LogP contribution in [0.25, 0.3) is 11.2 Å². The second kappa shape index (κ2) is 5.23. The molecule has 1 atom stereocenters. The van der Waals surface area contributed by atoms with Gasteiger partial charge in [0.25, 0.3) is 0 Å². The average Bonchev–Trinajstić information content (AvgIpc) is 3.02. The molecule has 0 aliphatic carbocycles. The van der Waals surface area contributed by atoms with E-state index in [0.29, 0.717) is 0 Å². The lowest BCUT2D eigenvalue weighted by Crippen LogP contribution is -2.41. The van der Waals surface area contributed by atoms with Gasteiger partial charge in [0, 0.05) is 25.3 Å². The fourth-order valence-corrected chi connectivity index (χ4v) is 2.63. The molecule has 0 bridgehead atoms. The number of nitrogens with zero attached hydrogens (tertiary/aromatic N) is 5. The molecule has 0 amide bonds. The zero-order valence-electron chi connectivity index (χ0n) is 13.4. The summed E-state index contributed by atoms with van der Waals surface area (Å²) in [6.07, 6.45) is 4.98. The summed E-state index contributed by atoms with van der Waals surface area (Å²) >= 11 is 0. The summed E-state index contributed by atoms with van der Waals surface area (Å²) in [6.45, 7) is 8.46. The molecule has 0 saturated carbocycles. The van der Waals surface area contributed by atoms with Gasteiger partial charge in [-0.05, 0) is 6.42 Å². The van der Waals surface area contributed by atoms with E-state index in [0.717, 1.165) is 36.4 Å². The topological polar surface area (TPSA) is 73.1 Å². The van der Waals surface area contributed by atoms with Gasteiger partial charge in [-0.2, -0.15) is 0 Å². The fourth-order valence-electron chi connectivity index (χ4n) is 2.63. The number of esters is 1. The van der Waals surface area contributed by atoms with Crippen LogP contribution in [0, 0.1) is 0 Å². The highest BCUT2D eigenvalue weighted by molar-refractivity contribution is 5.70. The lowest BCUT2D eigenvalue weighted by atomic mass is 9.96. The van der Waals surface area contributed by atoms with Crippen LogP contribution in [0.3, 0.4) is 0 Å². The Kier molecular flexibility index (Phi) is 3.50. The molecule has 3 rings (SSSR count). The van der Waals surface area contributed by atoms with Crippen LogP contribution < -0.4 is 5.01 Å². The van der Waals surface area contributed by atoms with Crippen LogP contribution in [0.15, 0.2) is 12.5 Å². The number of hydrogen-bond donors (Lipinski definition) is 0. The maximum Gasteiger partial charge on any atom is 0.304 e. The smallest absolute Gasteiger partial charge is 0.304 e. The molecule has 0 aromatic carbocycles. The molecule has 7 nitrogen and oxygen atoms in total. The van der Waals surface area contributed by atoms with Crippen molar-refractivity contribution >= 4 is 17.1 Å². The third-order valence-corrected chi connectivity index (χ3v) is 3.69. The summed E-state index contributed by atoms with van der Waals surface area (Å²) in [4.78, 5) is 24.7. The Morgan fingerprint density at radius 1 is 1.36 bits per heavy atom. The molecule has 1 unspecified atom stereocenters. The zero-order valence-corrected chi connectivity index (χ0v) is 13.4. The lowest BCUT2D eigenvalue weighted by molar-refractivity contribution is -0.146. The van der Waals surface area contributed by atoms with Crippen LogP contribution in [-0.4, -0.2) is 38.4 Å². The van der Waals surface area contributed by atoms with Crippen molar-refractivity contribution in [3.8, 4) is 0 Å². The molecular formula is C15H21N5O2. The van der Waals surface area contributed by atoms with Gasteiger partial charge in [-0.3, -0.25) is 9.80 Å². The van der Waals surface area contributed by atoms with E-state index in [1.165, 1.54) is 6.92 Å². The quantitative estimate of drug-likeness (QED) is 0.787. The standard InChI is InChI=1S/C15H21N5O2/c1-10(21)22-12-6-5-7-19(12)20-9-17-11-8-16-14(15(2,3)4)18-13(11)20/h8-9,12H,5-7H2,1-4H3. The molecule has 0 spiro atoms. The minimum atomic E-state index is -0.272. The highest BCUT2D eigenvalue weighted by Crippen LogP contribution is 2.23. The molecule has 22 heavy (non-hydrogen) atoms. The van der Waals surface area contributed by atoms with E-state index in [1.807, 2.05) is 9.69 Å². The Morgan fingerprint density at radius 3 is 2.82 bits per heavy atom. The summed E-state index contributed by atoms with van der Waals surface area (Å²) in [5.41, 5.74) is 1.35. The summed E-state index contributed by atoms with van der Waals surface area (Å²) in [7, 11) is 0. The largest absolute Gasteiger partial charge is 0.440 e. The first-order chi connectivity index (χ1) is 10.4. The fraction of sp³-hybridized carbons (Fsp3) is 0.600. The molecule has 1 aliphatic heterocycles.